The Hall–Kier alpha value is -1.72. The minimum atomic E-state index is 0.0107. The Morgan fingerprint density at radius 2 is 2.04 bits per heavy atom. The molecule has 0 radical (unpaired) electrons. The lowest BCUT2D eigenvalue weighted by atomic mass is 10.1. The molecule has 0 N–H and O–H groups in total. The molecule has 0 bridgehead atoms. The van der Waals surface area contributed by atoms with E-state index in [9.17, 15) is 4.79 Å². The first kappa shape index (κ1) is 17.6. The Labute approximate surface area is 142 Å². The second-order valence-electron chi connectivity index (χ2n) is 5.71. The number of methoxy groups -OCH3 is 2. The van der Waals surface area contributed by atoms with Gasteiger partial charge < -0.3 is 19.3 Å². The monoisotopic (exact) mass is 338 g/mol. The summed E-state index contributed by atoms with van der Waals surface area (Å²) in [5, 5.41) is 0.451. The highest BCUT2D eigenvalue weighted by Gasteiger charge is 2.24. The minimum absolute atomic E-state index is 0.0107. The maximum atomic E-state index is 12.4. The van der Waals surface area contributed by atoms with Gasteiger partial charge in [0.2, 0.25) is 5.91 Å². The zero-order valence-electron chi connectivity index (χ0n) is 14.0. The Kier molecular flexibility index (Phi) is 5.91. The van der Waals surface area contributed by atoms with E-state index in [1.54, 1.807) is 31.4 Å². The topological polar surface area (TPSA) is 42.0 Å². The number of carbonyl (C=O) groups is 1. The predicted molar refractivity (Wildman–Crippen MR) is 92.3 cm³/mol. The van der Waals surface area contributed by atoms with E-state index in [2.05, 4.69) is 18.9 Å². The fourth-order valence-electron chi connectivity index (χ4n) is 2.76. The average molecular weight is 339 g/mol. The van der Waals surface area contributed by atoms with Crippen LogP contribution >= 0.6 is 11.6 Å². The largest absolute Gasteiger partial charge is 0.493 e. The third-order valence-electron chi connectivity index (χ3n) is 3.99. The molecule has 1 amide bonds. The molecule has 0 spiro atoms. The number of amides is 1. The summed E-state index contributed by atoms with van der Waals surface area (Å²) in [7, 11) is 5.16. The van der Waals surface area contributed by atoms with Crippen LogP contribution in [0, 0.1) is 0 Å². The molecule has 23 heavy (non-hydrogen) atoms. The zero-order chi connectivity index (χ0) is 17.0. The van der Waals surface area contributed by atoms with Gasteiger partial charge >= 0.3 is 0 Å². The fraction of sp³-hybridized carbons (Fsp3) is 0.471. The summed E-state index contributed by atoms with van der Waals surface area (Å²) in [5.74, 6) is 1.04. The molecule has 1 atom stereocenters. The molecule has 1 saturated heterocycles. The Morgan fingerprint density at radius 3 is 2.65 bits per heavy atom. The molecule has 0 saturated carbocycles. The van der Waals surface area contributed by atoms with Gasteiger partial charge in [-0.3, -0.25) is 4.79 Å². The van der Waals surface area contributed by atoms with Crippen molar-refractivity contribution >= 4 is 23.6 Å². The van der Waals surface area contributed by atoms with Gasteiger partial charge in [-0.25, -0.2) is 0 Å². The number of likely N-dealkylation sites (N-methyl/N-ethyl adjacent to an activating group) is 1. The molecule has 6 heteroatoms. The minimum Gasteiger partial charge on any atom is -0.493 e. The van der Waals surface area contributed by atoms with Crippen molar-refractivity contribution in [3.63, 3.8) is 0 Å². The summed E-state index contributed by atoms with van der Waals surface area (Å²) in [5.41, 5.74) is 0.794. The highest BCUT2D eigenvalue weighted by Crippen LogP contribution is 2.36. The van der Waals surface area contributed by atoms with Crippen LogP contribution in [0.1, 0.15) is 12.5 Å². The molecule has 1 unspecified atom stereocenters. The Bertz CT molecular complexity index is 604. The molecule has 1 aliphatic heterocycles. The zero-order valence-corrected chi connectivity index (χ0v) is 14.8. The van der Waals surface area contributed by atoms with E-state index in [1.807, 2.05) is 4.90 Å². The first-order valence-electron chi connectivity index (χ1n) is 7.55. The molecular formula is C17H23ClN2O3. The Morgan fingerprint density at radius 1 is 1.30 bits per heavy atom. The van der Waals surface area contributed by atoms with E-state index >= 15 is 0 Å². The van der Waals surface area contributed by atoms with Crippen molar-refractivity contribution in [3.8, 4) is 11.5 Å². The molecule has 1 heterocycles. The molecule has 2 rings (SSSR count). The van der Waals surface area contributed by atoms with Gasteiger partial charge in [-0.15, -0.1) is 0 Å². The predicted octanol–water partition coefficient (Wildman–Crippen LogP) is 2.53. The number of ether oxygens (including phenoxy) is 2. The first-order chi connectivity index (χ1) is 11.0. The van der Waals surface area contributed by atoms with Crippen LogP contribution in [0.2, 0.25) is 5.02 Å². The molecule has 5 nitrogen and oxygen atoms in total. The van der Waals surface area contributed by atoms with Crippen LogP contribution in [0.25, 0.3) is 6.08 Å². The number of rotatable bonds is 4. The third-order valence-corrected chi connectivity index (χ3v) is 4.27. The first-order valence-corrected chi connectivity index (χ1v) is 7.92. The van der Waals surface area contributed by atoms with Crippen molar-refractivity contribution < 1.29 is 14.3 Å². The van der Waals surface area contributed by atoms with E-state index in [1.165, 1.54) is 7.11 Å². The van der Waals surface area contributed by atoms with Gasteiger partial charge in [0.1, 0.15) is 0 Å². The number of carbonyl (C=O) groups excluding carboxylic acids is 1. The number of hydrogen-bond donors (Lipinski definition) is 0. The van der Waals surface area contributed by atoms with Gasteiger partial charge in [0.25, 0.3) is 0 Å². The lowest BCUT2D eigenvalue weighted by Gasteiger charge is -2.37. The summed E-state index contributed by atoms with van der Waals surface area (Å²) in [6, 6.07) is 3.75. The highest BCUT2D eigenvalue weighted by molar-refractivity contribution is 6.32. The van der Waals surface area contributed by atoms with E-state index in [0.29, 0.717) is 16.5 Å². The van der Waals surface area contributed by atoms with Crippen LogP contribution in [0.3, 0.4) is 0 Å². The standard InChI is InChI=1S/C17H23ClN2O3/c1-12-11-19(2)7-8-20(12)16(21)6-5-13-9-14(18)17(23-4)15(10-13)22-3/h5-6,9-10,12H,7-8,11H2,1-4H3/b6-5+. The van der Waals surface area contributed by atoms with Gasteiger partial charge in [-0.05, 0) is 37.7 Å². The van der Waals surface area contributed by atoms with Crippen LogP contribution in [-0.4, -0.2) is 62.7 Å². The number of nitrogens with zero attached hydrogens (tertiary/aromatic N) is 2. The molecule has 126 valence electrons. The van der Waals surface area contributed by atoms with Crippen molar-refractivity contribution in [1.29, 1.82) is 0 Å². The summed E-state index contributed by atoms with van der Waals surface area (Å²) >= 11 is 6.18. The summed E-state index contributed by atoms with van der Waals surface area (Å²) in [6.07, 6.45) is 3.33. The molecule has 1 aromatic carbocycles. The number of hydrogen-bond acceptors (Lipinski definition) is 4. The lowest BCUT2D eigenvalue weighted by molar-refractivity contribution is -0.130. The quantitative estimate of drug-likeness (QED) is 0.791. The van der Waals surface area contributed by atoms with Crippen LogP contribution in [0.4, 0.5) is 0 Å². The third kappa shape index (κ3) is 4.18. The van der Waals surface area contributed by atoms with E-state index in [0.717, 1.165) is 25.2 Å². The van der Waals surface area contributed by atoms with E-state index in [-0.39, 0.29) is 11.9 Å². The number of halogens is 1. The van der Waals surface area contributed by atoms with Gasteiger partial charge in [-0.1, -0.05) is 11.6 Å². The summed E-state index contributed by atoms with van der Waals surface area (Å²) in [6.45, 7) is 4.59. The van der Waals surface area contributed by atoms with Crippen LogP contribution in [-0.2, 0) is 4.79 Å². The van der Waals surface area contributed by atoms with Gasteiger partial charge in [-0.2, -0.15) is 0 Å². The van der Waals surface area contributed by atoms with Crippen molar-refractivity contribution in [2.45, 2.75) is 13.0 Å². The van der Waals surface area contributed by atoms with Gasteiger partial charge in [0.05, 0.1) is 19.2 Å². The fourth-order valence-corrected chi connectivity index (χ4v) is 3.06. The second kappa shape index (κ2) is 7.70. The molecule has 1 aliphatic rings. The molecule has 1 aromatic rings. The SMILES string of the molecule is COc1cc(/C=C/C(=O)N2CCN(C)CC2C)cc(Cl)c1OC. The van der Waals surface area contributed by atoms with Crippen molar-refractivity contribution in [1.82, 2.24) is 9.80 Å². The molecule has 0 aliphatic carbocycles. The van der Waals surface area contributed by atoms with Gasteiger partial charge in [0, 0.05) is 31.8 Å². The number of benzene rings is 1. The average Bonchev–Trinajstić information content (AvgIpc) is 2.51. The smallest absolute Gasteiger partial charge is 0.246 e. The van der Waals surface area contributed by atoms with Crippen LogP contribution in [0.5, 0.6) is 11.5 Å². The molecule has 1 fully saturated rings. The van der Waals surface area contributed by atoms with Crippen molar-refractivity contribution in [2.24, 2.45) is 0 Å². The highest BCUT2D eigenvalue weighted by atomic mass is 35.5. The normalized spacial score (nSPS) is 19.2. The van der Waals surface area contributed by atoms with Crippen molar-refractivity contribution in [2.75, 3.05) is 40.9 Å². The second-order valence-corrected chi connectivity index (χ2v) is 6.12. The summed E-state index contributed by atoms with van der Waals surface area (Å²) in [4.78, 5) is 16.5. The van der Waals surface area contributed by atoms with E-state index < -0.39 is 0 Å². The molecule has 0 aromatic heterocycles. The van der Waals surface area contributed by atoms with Gasteiger partial charge in [0.15, 0.2) is 11.5 Å². The summed E-state index contributed by atoms with van der Waals surface area (Å²) < 4.78 is 10.5. The maximum absolute atomic E-state index is 12.4. The Balaban J connectivity index is 2.13. The van der Waals surface area contributed by atoms with Crippen LogP contribution < -0.4 is 9.47 Å². The van der Waals surface area contributed by atoms with Crippen LogP contribution in [0.15, 0.2) is 18.2 Å². The lowest BCUT2D eigenvalue weighted by Crippen LogP contribution is -2.52. The van der Waals surface area contributed by atoms with Crippen molar-refractivity contribution in [3.05, 3.63) is 28.8 Å². The van der Waals surface area contributed by atoms with E-state index in [4.69, 9.17) is 21.1 Å². The maximum Gasteiger partial charge on any atom is 0.246 e. The number of piperazine rings is 1. The molecular weight excluding hydrogens is 316 g/mol.